The molecular formula is C22H25N3O5. The molecule has 4 amide bonds. The molecule has 0 saturated heterocycles. The number of nitrogens with one attached hydrogen (secondary N) is 3. The Morgan fingerprint density at radius 2 is 1.70 bits per heavy atom. The summed E-state index contributed by atoms with van der Waals surface area (Å²) >= 11 is 0. The Hall–Kier alpha value is -3.68. The Balaban J connectivity index is 2.10. The number of urea groups is 1. The molecule has 8 heteroatoms. The summed E-state index contributed by atoms with van der Waals surface area (Å²) in [6.07, 6.45) is -1.35. The van der Waals surface area contributed by atoms with Gasteiger partial charge in [0.2, 0.25) is 6.10 Å². The average Bonchev–Trinajstić information content (AvgIpc) is 2.72. The van der Waals surface area contributed by atoms with E-state index in [0.717, 1.165) is 5.56 Å². The first kappa shape index (κ1) is 22.6. The summed E-state index contributed by atoms with van der Waals surface area (Å²) in [7, 11) is 0. The van der Waals surface area contributed by atoms with E-state index in [1.165, 1.54) is 6.92 Å². The summed E-state index contributed by atoms with van der Waals surface area (Å²) in [5.74, 6) is -2.04. The zero-order valence-corrected chi connectivity index (χ0v) is 17.1. The topological polar surface area (TPSA) is 114 Å². The second-order valence-corrected chi connectivity index (χ2v) is 6.64. The van der Waals surface area contributed by atoms with Gasteiger partial charge in [-0.25, -0.2) is 9.59 Å². The van der Waals surface area contributed by atoms with Crippen LogP contribution in [0.2, 0.25) is 0 Å². The molecule has 2 aromatic rings. The number of carbonyl (C=O) groups is 4. The molecule has 8 nitrogen and oxygen atoms in total. The number of benzene rings is 2. The van der Waals surface area contributed by atoms with Crippen molar-refractivity contribution in [3.8, 4) is 0 Å². The number of amides is 4. The van der Waals surface area contributed by atoms with Crippen LogP contribution in [0.4, 0.5) is 4.79 Å². The minimum Gasteiger partial charge on any atom is -0.446 e. The Bertz CT molecular complexity index is 914. The quantitative estimate of drug-likeness (QED) is 0.605. The fourth-order valence-electron chi connectivity index (χ4n) is 2.63. The molecule has 2 aromatic carbocycles. The third kappa shape index (κ3) is 6.44. The zero-order valence-electron chi connectivity index (χ0n) is 17.1. The fraction of sp³-hybridized carbons (Fsp3) is 0.273. The minimum absolute atomic E-state index is 0.330. The molecule has 0 bridgehead atoms. The molecule has 0 heterocycles. The van der Waals surface area contributed by atoms with E-state index < -0.39 is 36.0 Å². The van der Waals surface area contributed by atoms with Crippen molar-refractivity contribution in [2.24, 2.45) is 0 Å². The lowest BCUT2D eigenvalue weighted by Gasteiger charge is -2.20. The molecule has 158 valence electrons. The van der Waals surface area contributed by atoms with Crippen LogP contribution in [0.3, 0.4) is 0 Å². The van der Waals surface area contributed by atoms with Crippen LogP contribution in [0, 0.1) is 6.92 Å². The van der Waals surface area contributed by atoms with Crippen LogP contribution < -0.4 is 16.0 Å². The molecule has 0 aliphatic heterocycles. The first-order valence-corrected chi connectivity index (χ1v) is 9.53. The van der Waals surface area contributed by atoms with E-state index in [9.17, 15) is 19.2 Å². The standard InChI is InChI=1S/C22H25N3O5/c1-4-23-22(29)25-20(27)18(16-10-6-5-7-11-16)30-21(28)15(3)24-19(26)17-12-8-9-14(2)13-17/h5-13,15,18H,4H2,1-3H3,(H,24,26)(H2,23,25,27,29)/t15-,18+/m0/s1. The van der Waals surface area contributed by atoms with Gasteiger partial charge in [-0.2, -0.15) is 0 Å². The van der Waals surface area contributed by atoms with E-state index in [0.29, 0.717) is 17.7 Å². The largest absolute Gasteiger partial charge is 0.446 e. The Morgan fingerprint density at radius 3 is 2.33 bits per heavy atom. The van der Waals surface area contributed by atoms with Crippen LogP contribution in [-0.4, -0.2) is 36.4 Å². The number of hydrogen-bond acceptors (Lipinski definition) is 5. The fourth-order valence-corrected chi connectivity index (χ4v) is 2.63. The van der Waals surface area contributed by atoms with Crippen molar-refractivity contribution in [2.75, 3.05) is 6.54 Å². The number of esters is 1. The number of ether oxygens (including phenoxy) is 1. The van der Waals surface area contributed by atoms with E-state index in [1.54, 1.807) is 55.5 Å². The van der Waals surface area contributed by atoms with Crippen molar-refractivity contribution >= 4 is 23.8 Å². The van der Waals surface area contributed by atoms with Crippen molar-refractivity contribution in [1.82, 2.24) is 16.0 Å². The molecule has 2 rings (SSSR count). The van der Waals surface area contributed by atoms with Crippen LogP contribution in [0.1, 0.15) is 41.4 Å². The first-order valence-electron chi connectivity index (χ1n) is 9.53. The summed E-state index contributed by atoms with van der Waals surface area (Å²) in [6, 6.07) is 13.5. The van der Waals surface area contributed by atoms with E-state index in [1.807, 2.05) is 13.0 Å². The number of rotatable bonds is 7. The average molecular weight is 411 g/mol. The predicted octanol–water partition coefficient (Wildman–Crippen LogP) is 2.24. The van der Waals surface area contributed by atoms with Gasteiger partial charge in [0.25, 0.3) is 11.8 Å². The normalized spacial score (nSPS) is 12.2. The van der Waals surface area contributed by atoms with E-state index in [2.05, 4.69) is 16.0 Å². The van der Waals surface area contributed by atoms with Gasteiger partial charge in [-0.3, -0.25) is 14.9 Å². The van der Waals surface area contributed by atoms with Crippen LogP contribution in [0.5, 0.6) is 0 Å². The van der Waals surface area contributed by atoms with Crippen molar-refractivity contribution in [1.29, 1.82) is 0 Å². The van der Waals surface area contributed by atoms with Crippen molar-refractivity contribution in [3.63, 3.8) is 0 Å². The summed E-state index contributed by atoms with van der Waals surface area (Å²) in [5, 5.41) is 7.14. The summed E-state index contributed by atoms with van der Waals surface area (Å²) in [4.78, 5) is 49.2. The molecule has 0 radical (unpaired) electrons. The molecule has 0 fully saturated rings. The van der Waals surface area contributed by atoms with Gasteiger partial charge in [0.05, 0.1) is 0 Å². The lowest BCUT2D eigenvalue weighted by molar-refractivity contribution is -0.157. The Morgan fingerprint density at radius 1 is 1.00 bits per heavy atom. The molecule has 0 aliphatic rings. The van der Waals surface area contributed by atoms with Gasteiger partial charge >= 0.3 is 12.0 Å². The van der Waals surface area contributed by atoms with E-state index >= 15 is 0 Å². The van der Waals surface area contributed by atoms with Crippen LogP contribution in [0.15, 0.2) is 54.6 Å². The van der Waals surface area contributed by atoms with Crippen molar-refractivity contribution < 1.29 is 23.9 Å². The van der Waals surface area contributed by atoms with E-state index in [4.69, 9.17) is 4.74 Å². The Kier molecular flexibility index (Phi) is 8.10. The van der Waals surface area contributed by atoms with Gasteiger partial charge in [0.15, 0.2) is 0 Å². The molecule has 2 atom stereocenters. The van der Waals surface area contributed by atoms with Crippen molar-refractivity contribution in [3.05, 3.63) is 71.3 Å². The number of aryl methyl sites for hydroxylation is 1. The van der Waals surface area contributed by atoms with Gasteiger partial charge in [-0.05, 0) is 32.9 Å². The monoisotopic (exact) mass is 411 g/mol. The summed E-state index contributed by atoms with van der Waals surface area (Å²) in [5.41, 5.74) is 1.71. The summed E-state index contributed by atoms with van der Waals surface area (Å²) < 4.78 is 5.35. The maximum atomic E-state index is 12.6. The van der Waals surface area contributed by atoms with Gasteiger partial charge in [-0.15, -0.1) is 0 Å². The highest BCUT2D eigenvalue weighted by Crippen LogP contribution is 2.18. The van der Waals surface area contributed by atoms with Gasteiger partial charge in [0.1, 0.15) is 6.04 Å². The molecule has 30 heavy (non-hydrogen) atoms. The molecule has 3 N–H and O–H groups in total. The predicted molar refractivity (Wildman–Crippen MR) is 111 cm³/mol. The van der Waals surface area contributed by atoms with Crippen LogP contribution in [0.25, 0.3) is 0 Å². The maximum absolute atomic E-state index is 12.6. The Labute approximate surface area is 175 Å². The smallest absolute Gasteiger partial charge is 0.329 e. The zero-order chi connectivity index (χ0) is 22.1. The molecule has 0 unspecified atom stereocenters. The second-order valence-electron chi connectivity index (χ2n) is 6.64. The third-order valence-electron chi connectivity index (χ3n) is 4.13. The van der Waals surface area contributed by atoms with Gasteiger partial charge in [0, 0.05) is 17.7 Å². The highest BCUT2D eigenvalue weighted by atomic mass is 16.5. The van der Waals surface area contributed by atoms with Gasteiger partial charge in [-0.1, -0.05) is 48.0 Å². The summed E-state index contributed by atoms with van der Waals surface area (Å²) in [6.45, 7) is 5.35. The number of carbonyl (C=O) groups excluding carboxylic acids is 4. The number of imide groups is 1. The maximum Gasteiger partial charge on any atom is 0.329 e. The lowest BCUT2D eigenvalue weighted by atomic mass is 10.1. The lowest BCUT2D eigenvalue weighted by Crippen LogP contribution is -2.45. The highest BCUT2D eigenvalue weighted by Gasteiger charge is 2.29. The molecule has 0 aromatic heterocycles. The highest BCUT2D eigenvalue weighted by molar-refractivity contribution is 5.99. The van der Waals surface area contributed by atoms with Crippen molar-refractivity contribution in [2.45, 2.75) is 32.9 Å². The molecular weight excluding hydrogens is 386 g/mol. The van der Waals surface area contributed by atoms with Crippen LogP contribution in [-0.2, 0) is 14.3 Å². The molecule has 0 aliphatic carbocycles. The molecule has 0 saturated carbocycles. The SMILES string of the molecule is CCNC(=O)NC(=O)[C@H](OC(=O)[C@H](C)NC(=O)c1cccc(C)c1)c1ccccc1. The first-order chi connectivity index (χ1) is 14.3. The molecule has 0 spiro atoms. The van der Waals surface area contributed by atoms with Crippen LogP contribution >= 0.6 is 0 Å². The second kappa shape index (κ2) is 10.8. The minimum atomic E-state index is -1.35. The third-order valence-corrected chi connectivity index (χ3v) is 4.13. The van der Waals surface area contributed by atoms with E-state index in [-0.39, 0.29) is 0 Å². The van der Waals surface area contributed by atoms with Gasteiger partial charge < -0.3 is 15.4 Å². The number of hydrogen-bond donors (Lipinski definition) is 3.